The molecule has 2 heteroatoms. The average molecular weight is 187 g/mol. The highest BCUT2D eigenvalue weighted by Crippen LogP contribution is 2.23. The van der Waals surface area contributed by atoms with E-state index in [4.69, 9.17) is 0 Å². The zero-order valence-corrected chi connectivity index (χ0v) is 8.46. The topological polar surface area (TPSA) is 0 Å². The smallest absolute Gasteiger partial charge is 0.0505 e. The molecule has 0 aliphatic carbocycles. The lowest BCUT2D eigenvalue weighted by Crippen LogP contribution is -1.86. The molecule has 1 aliphatic rings. The van der Waals surface area contributed by atoms with Gasteiger partial charge in [-0.3, -0.25) is 0 Å². The lowest BCUT2D eigenvalue weighted by Gasteiger charge is -2.01. The molecular weight excluding hydrogens is 179 g/mol. The molecule has 0 amide bonds. The van der Waals surface area contributed by atoms with Gasteiger partial charge in [0, 0.05) is 5.30 Å². The van der Waals surface area contributed by atoms with Gasteiger partial charge in [0.25, 0.3) is 0 Å². The minimum absolute atomic E-state index is 0.861. The molecule has 0 nitrogen and oxygen atoms in total. The van der Waals surface area contributed by atoms with Crippen molar-refractivity contribution >= 4 is 28.6 Å². The van der Waals surface area contributed by atoms with E-state index in [0.717, 1.165) is 9.13 Å². The Kier molecular flexibility index (Phi) is 2.45. The summed E-state index contributed by atoms with van der Waals surface area (Å²) >= 11 is 0. The van der Waals surface area contributed by atoms with Crippen molar-refractivity contribution in [2.45, 2.75) is 0 Å². The molecule has 57 valence electrons. The van der Waals surface area contributed by atoms with Gasteiger partial charge in [0.05, 0.1) is 9.13 Å². The van der Waals surface area contributed by atoms with Gasteiger partial charge < -0.3 is 0 Å². The van der Waals surface area contributed by atoms with Gasteiger partial charge in [-0.1, -0.05) is 43.8 Å². The van der Waals surface area contributed by atoms with Gasteiger partial charge in [0.15, 0.2) is 0 Å². The van der Waals surface area contributed by atoms with Crippen LogP contribution in [0, 0.1) is 0 Å². The fourth-order valence-electron chi connectivity index (χ4n) is 1.09. The van der Waals surface area contributed by atoms with E-state index in [-0.39, 0.29) is 0 Å². The number of rotatable bonds is 1. The average Bonchev–Trinajstić information content (AvgIpc) is 2.21. The second kappa shape index (κ2) is 3.75. The number of hydrogen-bond acceptors (Lipinski definition) is 0. The maximum Gasteiger partial charge on any atom is 0.0505 e. The van der Waals surface area contributed by atoms with Crippen LogP contribution < -0.4 is 0 Å². The molecule has 1 aliphatic heterocycles. The Balaban J connectivity index is 2.38. The fraction of sp³-hybridized carbons (Fsp3) is 0. The standard InChI is InChI=1S/C10H8PSi/c1-2-6-11-10(3-1)9-4-7-12-8-5-9/h1-8H. The lowest BCUT2D eigenvalue weighted by atomic mass is 10.2. The van der Waals surface area contributed by atoms with E-state index < -0.39 is 0 Å². The molecule has 12 heavy (non-hydrogen) atoms. The van der Waals surface area contributed by atoms with E-state index in [9.17, 15) is 0 Å². The molecule has 1 aromatic rings. The largest absolute Gasteiger partial charge is 0.0766 e. The van der Waals surface area contributed by atoms with Gasteiger partial charge in [0.2, 0.25) is 0 Å². The predicted octanol–water partition coefficient (Wildman–Crippen LogP) is 2.68. The Hall–Kier alpha value is -0.783. The summed E-state index contributed by atoms with van der Waals surface area (Å²) in [6.07, 6.45) is 4.43. The van der Waals surface area contributed by atoms with E-state index in [1.807, 2.05) is 0 Å². The van der Waals surface area contributed by atoms with Crippen LogP contribution in [0.1, 0.15) is 5.30 Å². The molecule has 0 saturated heterocycles. The minimum Gasteiger partial charge on any atom is -0.0766 e. The SMILES string of the molecule is C1=CC(c2ccccp2)=CC=[Si]1. The zero-order valence-electron chi connectivity index (χ0n) is 6.57. The Morgan fingerprint density at radius 3 is 2.92 bits per heavy atom. The second-order valence-electron chi connectivity index (χ2n) is 2.50. The maximum atomic E-state index is 2.23. The van der Waals surface area contributed by atoms with Crippen molar-refractivity contribution < 1.29 is 0 Å². The Bertz CT molecular complexity index is 349. The first-order chi connectivity index (χ1) is 5.97. The van der Waals surface area contributed by atoms with Crippen molar-refractivity contribution in [1.29, 1.82) is 0 Å². The summed E-state index contributed by atoms with van der Waals surface area (Å²) < 4.78 is 0. The second-order valence-corrected chi connectivity index (χ2v) is 4.54. The summed E-state index contributed by atoms with van der Waals surface area (Å²) in [5, 5.41) is 1.40. The highest BCUT2D eigenvalue weighted by atomic mass is 31.0. The highest BCUT2D eigenvalue weighted by molar-refractivity contribution is 7.30. The summed E-state index contributed by atoms with van der Waals surface area (Å²) in [5.41, 5.74) is 5.81. The quantitative estimate of drug-likeness (QED) is 0.593. The predicted molar refractivity (Wildman–Crippen MR) is 57.9 cm³/mol. The summed E-state index contributed by atoms with van der Waals surface area (Å²) in [4.78, 5) is 0. The summed E-state index contributed by atoms with van der Waals surface area (Å²) in [7, 11) is 2.17. The molecule has 0 N–H and O–H groups in total. The molecule has 0 fully saturated rings. The Labute approximate surface area is 76.2 Å². The van der Waals surface area contributed by atoms with E-state index in [0.29, 0.717) is 0 Å². The first kappa shape index (κ1) is 7.84. The molecule has 0 atom stereocenters. The zero-order chi connectivity index (χ0) is 8.23. The Morgan fingerprint density at radius 1 is 1.25 bits per heavy atom. The maximum absolute atomic E-state index is 2.23. The molecule has 0 bridgehead atoms. The number of allylic oxidation sites excluding steroid dienone is 3. The first-order valence-corrected chi connectivity index (χ1v) is 5.96. The van der Waals surface area contributed by atoms with Crippen molar-refractivity contribution in [3.8, 4) is 0 Å². The third-order valence-electron chi connectivity index (χ3n) is 1.68. The summed E-state index contributed by atoms with van der Waals surface area (Å²) in [5.74, 6) is 2.17. The fourth-order valence-corrected chi connectivity index (χ4v) is 2.57. The molecular formula is C10H8PSi. The van der Waals surface area contributed by atoms with Gasteiger partial charge in [-0.25, -0.2) is 0 Å². The van der Waals surface area contributed by atoms with Crippen LogP contribution in [0.3, 0.4) is 0 Å². The number of hydrogen-bond donors (Lipinski definition) is 0. The molecule has 1 radical (unpaired) electrons. The molecule has 0 unspecified atom stereocenters. The van der Waals surface area contributed by atoms with Gasteiger partial charge >= 0.3 is 0 Å². The molecule has 1 aromatic heterocycles. The van der Waals surface area contributed by atoms with Crippen LogP contribution in [0.25, 0.3) is 5.57 Å². The van der Waals surface area contributed by atoms with E-state index in [2.05, 4.69) is 47.5 Å². The first-order valence-electron chi connectivity index (χ1n) is 3.84. The molecule has 0 spiro atoms. The van der Waals surface area contributed by atoms with Gasteiger partial charge in [0.1, 0.15) is 0 Å². The van der Waals surface area contributed by atoms with Crippen LogP contribution in [0.5, 0.6) is 0 Å². The van der Waals surface area contributed by atoms with Crippen molar-refractivity contribution in [1.82, 2.24) is 0 Å². The van der Waals surface area contributed by atoms with Crippen LogP contribution in [-0.4, -0.2) is 14.8 Å². The Morgan fingerprint density at radius 2 is 2.25 bits per heavy atom. The van der Waals surface area contributed by atoms with Gasteiger partial charge in [-0.15, -0.1) is 0 Å². The molecule has 2 rings (SSSR count). The van der Waals surface area contributed by atoms with Crippen molar-refractivity contribution in [2.24, 2.45) is 0 Å². The summed E-state index contributed by atoms with van der Waals surface area (Å²) in [6, 6.07) is 6.36. The molecule has 2 heterocycles. The van der Waals surface area contributed by atoms with Crippen molar-refractivity contribution in [3.05, 3.63) is 47.1 Å². The van der Waals surface area contributed by atoms with Crippen molar-refractivity contribution in [3.63, 3.8) is 0 Å². The van der Waals surface area contributed by atoms with E-state index in [1.165, 1.54) is 19.1 Å². The normalized spacial score (nSPS) is 15.2. The van der Waals surface area contributed by atoms with Crippen LogP contribution in [0.4, 0.5) is 0 Å². The van der Waals surface area contributed by atoms with E-state index in [1.54, 1.807) is 0 Å². The highest BCUT2D eigenvalue weighted by Gasteiger charge is 1.96. The van der Waals surface area contributed by atoms with Gasteiger partial charge in [-0.05, 0) is 17.4 Å². The third-order valence-corrected chi connectivity index (χ3v) is 3.40. The minimum atomic E-state index is 0.861. The molecule has 0 saturated carbocycles. The monoisotopic (exact) mass is 187 g/mol. The molecule has 0 aromatic carbocycles. The van der Waals surface area contributed by atoms with Crippen LogP contribution in [-0.2, 0) is 0 Å². The van der Waals surface area contributed by atoms with Crippen LogP contribution in [0.2, 0.25) is 0 Å². The summed E-state index contributed by atoms with van der Waals surface area (Å²) in [6.45, 7) is 0. The van der Waals surface area contributed by atoms with E-state index >= 15 is 0 Å². The van der Waals surface area contributed by atoms with Gasteiger partial charge in [-0.2, -0.15) is 0 Å². The van der Waals surface area contributed by atoms with Crippen LogP contribution >= 0.6 is 8.19 Å². The lowest BCUT2D eigenvalue weighted by molar-refractivity contribution is 1.79. The van der Waals surface area contributed by atoms with Crippen LogP contribution in [0.15, 0.2) is 41.8 Å². The third kappa shape index (κ3) is 1.69. The van der Waals surface area contributed by atoms with Crippen molar-refractivity contribution in [2.75, 3.05) is 0 Å².